The van der Waals surface area contributed by atoms with Crippen LogP contribution in [0.5, 0.6) is 11.6 Å². The summed E-state index contributed by atoms with van der Waals surface area (Å²) in [4.78, 5) is 15.9. The third-order valence-corrected chi connectivity index (χ3v) is 2.32. The van der Waals surface area contributed by atoms with E-state index >= 15 is 0 Å². The lowest BCUT2D eigenvalue weighted by Gasteiger charge is -2.06. The summed E-state index contributed by atoms with van der Waals surface area (Å²) in [7, 11) is 1.51. The van der Waals surface area contributed by atoms with Crippen molar-refractivity contribution >= 4 is 5.97 Å². The molecule has 0 spiro atoms. The zero-order valence-electron chi connectivity index (χ0n) is 10.2. The fraction of sp³-hybridized carbons (Fsp3) is 0.143. The SMILES string of the molecule is COc1cc(C)cc(C(=O)Oc2ccccc2)n1. The molecule has 0 fully saturated rings. The average Bonchev–Trinajstić information content (AvgIpc) is 2.39. The summed E-state index contributed by atoms with van der Waals surface area (Å²) in [6.07, 6.45) is 0. The van der Waals surface area contributed by atoms with Crippen molar-refractivity contribution in [1.82, 2.24) is 4.98 Å². The van der Waals surface area contributed by atoms with Gasteiger partial charge in [-0.2, -0.15) is 0 Å². The van der Waals surface area contributed by atoms with Crippen LogP contribution in [-0.4, -0.2) is 18.1 Å². The number of carbonyl (C=O) groups excluding carboxylic acids is 1. The third kappa shape index (κ3) is 2.85. The minimum absolute atomic E-state index is 0.232. The number of rotatable bonds is 3. The van der Waals surface area contributed by atoms with E-state index in [4.69, 9.17) is 9.47 Å². The Morgan fingerprint density at radius 3 is 2.56 bits per heavy atom. The molecular formula is C14H13NO3. The lowest BCUT2D eigenvalue weighted by Crippen LogP contribution is -2.11. The van der Waals surface area contributed by atoms with E-state index in [1.165, 1.54) is 7.11 Å². The number of para-hydroxylation sites is 1. The molecule has 1 aromatic heterocycles. The molecule has 1 heterocycles. The smallest absolute Gasteiger partial charge is 0.362 e. The molecule has 0 aliphatic rings. The van der Waals surface area contributed by atoms with Crippen LogP contribution in [0.3, 0.4) is 0 Å². The van der Waals surface area contributed by atoms with Crippen molar-refractivity contribution in [2.24, 2.45) is 0 Å². The number of carbonyl (C=O) groups is 1. The van der Waals surface area contributed by atoms with Gasteiger partial charge in [-0.05, 0) is 30.7 Å². The standard InChI is InChI=1S/C14H13NO3/c1-10-8-12(15-13(9-10)17-2)14(16)18-11-6-4-3-5-7-11/h3-9H,1-2H3. The van der Waals surface area contributed by atoms with Gasteiger partial charge in [0.25, 0.3) is 0 Å². The van der Waals surface area contributed by atoms with E-state index in [0.717, 1.165) is 5.56 Å². The van der Waals surface area contributed by atoms with E-state index < -0.39 is 5.97 Å². The first-order valence-electron chi connectivity index (χ1n) is 5.49. The minimum Gasteiger partial charge on any atom is -0.481 e. The van der Waals surface area contributed by atoms with Gasteiger partial charge >= 0.3 is 5.97 Å². The number of ether oxygens (including phenoxy) is 2. The van der Waals surface area contributed by atoms with Crippen molar-refractivity contribution in [2.45, 2.75) is 6.92 Å². The first-order chi connectivity index (χ1) is 8.69. The molecule has 0 saturated carbocycles. The number of aryl methyl sites for hydroxylation is 1. The number of hydrogen-bond donors (Lipinski definition) is 0. The van der Waals surface area contributed by atoms with E-state index in [1.54, 1.807) is 36.4 Å². The largest absolute Gasteiger partial charge is 0.481 e. The van der Waals surface area contributed by atoms with Gasteiger partial charge < -0.3 is 9.47 Å². The van der Waals surface area contributed by atoms with Crippen LogP contribution < -0.4 is 9.47 Å². The molecule has 92 valence electrons. The Kier molecular flexibility index (Phi) is 3.57. The van der Waals surface area contributed by atoms with E-state index in [0.29, 0.717) is 11.6 Å². The van der Waals surface area contributed by atoms with Crippen molar-refractivity contribution in [3.05, 3.63) is 53.7 Å². The molecule has 2 aromatic rings. The normalized spacial score (nSPS) is 9.89. The maximum atomic E-state index is 11.9. The summed E-state index contributed by atoms with van der Waals surface area (Å²) < 4.78 is 10.2. The molecule has 0 bridgehead atoms. The number of aromatic nitrogens is 1. The molecule has 0 radical (unpaired) electrons. The second kappa shape index (κ2) is 5.31. The van der Waals surface area contributed by atoms with Gasteiger partial charge in [-0.15, -0.1) is 0 Å². The molecule has 0 aliphatic heterocycles. The molecule has 0 aliphatic carbocycles. The van der Waals surface area contributed by atoms with E-state index in [-0.39, 0.29) is 5.69 Å². The Morgan fingerprint density at radius 1 is 1.17 bits per heavy atom. The van der Waals surface area contributed by atoms with Gasteiger partial charge in [0, 0.05) is 6.07 Å². The molecule has 4 nitrogen and oxygen atoms in total. The summed E-state index contributed by atoms with van der Waals surface area (Å²) in [5.74, 6) is 0.392. The number of pyridine rings is 1. The molecule has 0 atom stereocenters. The number of hydrogen-bond acceptors (Lipinski definition) is 4. The lowest BCUT2D eigenvalue weighted by molar-refractivity contribution is 0.0727. The predicted octanol–water partition coefficient (Wildman–Crippen LogP) is 2.62. The van der Waals surface area contributed by atoms with Gasteiger partial charge in [-0.3, -0.25) is 0 Å². The summed E-state index contributed by atoms with van der Waals surface area (Å²) >= 11 is 0. The highest BCUT2D eigenvalue weighted by Crippen LogP contribution is 2.15. The molecule has 18 heavy (non-hydrogen) atoms. The summed E-state index contributed by atoms with van der Waals surface area (Å²) in [5.41, 5.74) is 1.12. The van der Waals surface area contributed by atoms with Crippen LogP contribution in [0.1, 0.15) is 16.1 Å². The van der Waals surface area contributed by atoms with Gasteiger partial charge in [0.1, 0.15) is 5.75 Å². The fourth-order valence-electron chi connectivity index (χ4n) is 1.49. The van der Waals surface area contributed by atoms with Gasteiger partial charge in [0.2, 0.25) is 5.88 Å². The summed E-state index contributed by atoms with van der Waals surface area (Å²) in [6.45, 7) is 1.86. The maximum Gasteiger partial charge on any atom is 0.362 e. The van der Waals surface area contributed by atoms with Crippen LogP contribution in [0.25, 0.3) is 0 Å². The van der Waals surface area contributed by atoms with E-state index in [9.17, 15) is 4.79 Å². The molecule has 1 aromatic carbocycles. The van der Waals surface area contributed by atoms with Gasteiger partial charge in [0.15, 0.2) is 5.69 Å². The minimum atomic E-state index is -0.497. The van der Waals surface area contributed by atoms with Gasteiger partial charge in [-0.1, -0.05) is 18.2 Å². The zero-order valence-corrected chi connectivity index (χ0v) is 10.2. The van der Waals surface area contributed by atoms with Crippen LogP contribution in [-0.2, 0) is 0 Å². The molecule has 4 heteroatoms. The van der Waals surface area contributed by atoms with Crippen LogP contribution in [0.2, 0.25) is 0 Å². The second-order valence-corrected chi connectivity index (χ2v) is 3.77. The fourth-order valence-corrected chi connectivity index (χ4v) is 1.49. The van der Waals surface area contributed by atoms with E-state index in [1.807, 2.05) is 13.0 Å². The predicted molar refractivity (Wildman–Crippen MR) is 66.9 cm³/mol. The first-order valence-corrected chi connectivity index (χ1v) is 5.49. The Bertz CT molecular complexity index is 552. The van der Waals surface area contributed by atoms with Crippen LogP contribution in [0.15, 0.2) is 42.5 Å². The number of nitrogens with zero attached hydrogens (tertiary/aromatic N) is 1. The van der Waals surface area contributed by atoms with Crippen molar-refractivity contribution in [1.29, 1.82) is 0 Å². The van der Waals surface area contributed by atoms with E-state index in [2.05, 4.69) is 4.98 Å². The highest BCUT2D eigenvalue weighted by Gasteiger charge is 2.12. The number of methoxy groups -OCH3 is 1. The molecular weight excluding hydrogens is 230 g/mol. The van der Waals surface area contributed by atoms with Crippen LogP contribution in [0.4, 0.5) is 0 Å². The first kappa shape index (κ1) is 12.1. The summed E-state index contributed by atoms with van der Waals surface area (Å²) in [6, 6.07) is 12.3. The lowest BCUT2D eigenvalue weighted by atomic mass is 10.2. The number of esters is 1. The third-order valence-electron chi connectivity index (χ3n) is 2.32. The zero-order chi connectivity index (χ0) is 13.0. The van der Waals surface area contributed by atoms with Crippen LogP contribution >= 0.6 is 0 Å². The maximum absolute atomic E-state index is 11.9. The molecule has 0 unspecified atom stereocenters. The molecule has 0 amide bonds. The molecule has 0 N–H and O–H groups in total. The van der Waals surface area contributed by atoms with Crippen LogP contribution in [0, 0.1) is 6.92 Å². The molecule has 2 rings (SSSR count). The van der Waals surface area contributed by atoms with Crippen molar-refractivity contribution in [3.8, 4) is 11.6 Å². The number of benzene rings is 1. The quantitative estimate of drug-likeness (QED) is 0.614. The molecule has 0 saturated heterocycles. The summed E-state index contributed by atoms with van der Waals surface area (Å²) in [5, 5.41) is 0. The van der Waals surface area contributed by atoms with Crippen molar-refractivity contribution in [2.75, 3.05) is 7.11 Å². The Hall–Kier alpha value is -2.36. The van der Waals surface area contributed by atoms with Crippen molar-refractivity contribution in [3.63, 3.8) is 0 Å². The Morgan fingerprint density at radius 2 is 1.89 bits per heavy atom. The highest BCUT2D eigenvalue weighted by molar-refractivity contribution is 5.89. The van der Waals surface area contributed by atoms with Gasteiger partial charge in [0.05, 0.1) is 7.11 Å². The second-order valence-electron chi connectivity index (χ2n) is 3.77. The monoisotopic (exact) mass is 243 g/mol. The Labute approximate surface area is 105 Å². The average molecular weight is 243 g/mol. The Balaban J connectivity index is 2.21. The van der Waals surface area contributed by atoms with Crippen molar-refractivity contribution < 1.29 is 14.3 Å². The van der Waals surface area contributed by atoms with Gasteiger partial charge in [-0.25, -0.2) is 9.78 Å². The topological polar surface area (TPSA) is 48.4 Å². The highest BCUT2D eigenvalue weighted by atomic mass is 16.5.